The smallest absolute Gasteiger partial charge is 0.329 e. The van der Waals surface area contributed by atoms with Gasteiger partial charge < -0.3 is 10.0 Å². The molecule has 0 aromatic heterocycles. The highest BCUT2D eigenvalue weighted by Gasteiger charge is 2.39. The SMILES string of the molecule is CN1CCCCC1C(=O)N(C)C(C)(C)C(=O)O. The molecule has 0 aliphatic carbocycles. The van der Waals surface area contributed by atoms with Crippen LogP contribution in [0.15, 0.2) is 0 Å². The van der Waals surface area contributed by atoms with Gasteiger partial charge in [0.25, 0.3) is 0 Å². The third kappa shape index (κ3) is 2.77. The van der Waals surface area contributed by atoms with Crippen molar-refractivity contribution in [3.05, 3.63) is 0 Å². The summed E-state index contributed by atoms with van der Waals surface area (Å²) in [5, 5.41) is 9.12. The molecule has 1 aliphatic rings. The number of carbonyl (C=O) groups excluding carboxylic acids is 1. The number of carboxylic acid groups (broad SMARTS) is 1. The standard InChI is InChI=1S/C12H22N2O3/c1-12(2,11(16)17)14(4)10(15)9-7-5-6-8-13(9)3/h9H,5-8H2,1-4H3,(H,16,17). The number of carbonyl (C=O) groups is 2. The Labute approximate surface area is 102 Å². The molecule has 5 heteroatoms. The first-order valence-electron chi connectivity index (χ1n) is 5.99. The van der Waals surface area contributed by atoms with Crippen molar-refractivity contribution in [1.82, 2.24) is 9.80 Å². The van der Waals surface area contributed by atoms with Crippen LogP contribution in [0, 0.1) is 0 Å². The van der Waals surface area contributed by atoms with Gasteiger partial charge in [0.2, 0.25) is 5.91 Å². The van der Waals surface area contributed by atoms with Gasteiger partial charge in [-0.3, -0.25) is 9.69 Å². The lowest BCUT2D eigenvalue weighted by atomic mass is 9.98. The van der Waals surface area contributed by atoms with Crippen LogP contribution in [0.3, 0.4) is 0 Å². The highest BCUT2D eigenvalue weighted by Crippen LogP contribution is 2.21. The second kappa shape index (κ2) is 5.04. The molecule has 0 saturated carbocycles. The van der Waals surface area contributed by atoms with Gasteiger partial charge in [0.05, 0.1) is 6.04 Å². The second-order valence-electron chi connectivity index (χ2n) is 5.25. The summed E-state index contributed by atoms with van der Waals surface area (Å²) >= 11 is 0. The van der Waals surface area contributed by atoms with Gasteiger partial charge in [-0.05, 0) is 40.3 Å². The lowest BCUT2D eigenvalue weighted by Gasteiger charge is -2.38. The molecule has 1 heterocycles. The van der Waals surface area contributed by atoms with Crippen molar-refractivity contribution in [2.75, 3.05) is 20.6 Å². The molecule has 1 unspecified atom stereocenters. The summed E-state index contributed by atoms with van der Waals surface area (Å²) in [5.74, 6) is -1.08. The van der Waals surface area contributed by atoms with Gasteiger partial charge in [-0.1, -0.05) is 6.42 Å². The van der Waals surface area contributed by atoms with Gasteiger partial charge in [-0.2, -0.15) is 0 Å². The van der Waals surface area contributed by atoms with E-state index in [-0.39, 0.29) is 11.9 Å². The minimum absolute atomic E-state index is 0.0976. The van der Waals surface area contributed by atoms with Crippen LogP contribution in [0.1, 0.15) is 33.1 Å². The van der Waals surface area contributed by atoms with E-state index in [1.807, 2.05) is 11.9 Å². The lowest BCUT2D eigenvalue weighted by molar-refractivity contribution is -0.157. The Balaban J connectivity index is 2.78. The largest absolute Gasteiger partial charge is 0.480 e. The summed E-state index contributed by atoms with van der Waals surface area (Å²) in [6.45, 7) is 4.00. The van der Waals surface area contributed by atoms with Crippen LogP contribution in [-0.4, -0.2) is 59.0 Å². The molecule has 0 radical (unpaired) electrons. The number of nitrogens with zero attached hydrogens (tertiary/aromatic N) is 2. The van der Waals surface area contributed by atoms with Crippen molar-refractivity contribution in [3.63, 3.8) is 0 Å². The maximum Gasteiger partial charge on any atom is 0.329 e. The zero-order valence-corrected chi connectivity index (χ0v) is 11.1. The van der Waals surface area contributed by atoms with Crippen molar-refractivity contribution < 1.29 is 14.7 Å². The number of amides is 1. The maximum atomic E-state index is 12.3. The fraction of sp³-hybridized carbons (Fsp3) is 0.833. The maximum absolute atomic E-state index is 12.3. The predicted molar refractivity (Wildman–Crippen MR) is 64.8 cm³/mol. The third-order valence-corrected chi connectivity index (χ3v) is 3.75. The minimum atomic E-state index is -1.16. The minimum Gasteiger partial charge on any atom is -0.480 e. The van der Waals surface area contributed by atoms with Crippen molar-refractivity contribution in [3.8, 4) is 0 Å². The van der Waals surface area contributed by atoms with E-state index in [1.165, 1.54) is 4.90 Å². The number of hydrogen-bond acceptors (Lipinski definition) is 3. The van der Waals surface area contributed by atoms with Gasteiger partial charge in [-0.15, -0.1) is 0 Å². The molecule has 1 aliphatic heterocycles. The molecule has 5 nitrogen and oxygen atoms in total. The summed E-state index contributed by atoms with van der Waals surface area (Å²) in [7, 11) is 3.49. The molecule has 1 rings (SSSR count). The molecule has 0 aromatic carbocycles. The molecular weight excluding hydrogens is 220 g/mol. The Morgan fingerprint density at radius 2 is 1.94 bits per heavy atom. The number of aliphatic carboxylic acids is 1. The number of likely N-dealkylation sites (tertiary alicyclic amines) is 1. The quantitative estimate of drug-likeness (QED) is 0.795. The second-order valence-corrected chi connectivity index (χ2v) is 5.25. The Morgan fingerprint density at radius 3 is 2.41 bits per heavy atom. The molecule has 0 spiro atoms. The average Bonchev–Trinajstić information content (AvgIpc) is 2.27. The zero-order chi connectivity index (χ0) is 13.2. The lowest BCUT2D eigenvalue weighted by Crippen LogP contribution is -2.57. The first-order valence-corrected chi connectivity index (χ1v) is 5.99. The van der Waals surface area contributed by atoms with E-state index in [1.54, 1.807) is 20.9 Å². The summed E-state index contributed by atoms with van der Waals surface area (Å²) in [5.41, 5.74) is -1.16. The molecule has 1 amide bonds. The molecule has 0 aromatic rings. The third-order valence-electron chi connectivity index (χ3n) is 3.75. The van der Waals surface area contributed by atoms with Crippen molar-refractivity contribution in [1.29, 1.82) is 0 Å². The van der Waals surface area contributed by atoms with Gasteiger partial charge in [0.15, 0.2) is 0 Å². The molecule has 0 bridgehead atoms. The Morgan fingerprint density at radius 1 is 1.35 bits per heavy atom. The van der Waals surface area contributed by atoms with Gasteiger partial charge in [0, 0.05) is 7.05 Å². The van der Waals surface area contributed by atoms with Gasteiger partial charge in [0.1, 0.15) is 5.54 Å². The molecule has 1 saturated heterocycles. The van der Waals surface area contributed by atoms with E-state index in [2.05, 4.69) is 0 Å². The number of piperidine rings is 1. The molecular formula is C12H22N2O3. The highest BCUT2D eigenvalue weighted by molar-refractivity contribution is 5.88. The van der Waals surface area contributed by atoms with Gasteiger partial charge >= 0.3 is 5.97 Å². The first kappa shape index (κ1) is 14.0. The summed E-state index contributed by atoms with van der Waals surface area (Å²) < 4.78 is 0. The molecule has 1 atom stereocenters. The van der Waals surface area contributed by atoms with Crippen LogP contribution >= 0.6 is 0 Å². The van der Waals surface area contributed by atoms with E-state index >= 15 is 0 Å². The van der Waals surface area contributed by atoms with Crippen LogP contribution in [0.4, 0.5) is 0 Å². The van der Waals surface area contributed by atoms with Crippen LogP contribution < -0.4 is 0 Å². The van der Waals surface area contributed by atoms with Crippen molar-refractivity contribution in [2.24, 2.45) is 0 Å². The van der Waals surface area contributed by atoms with Crippen LogP contribution in [0.25, 0.3) is 0 Å². The number of hydrogen-bond donors (Lipinski definition) is 1. The van der Waals surface area contributed by atoms with Crippen molar-refractivity contribution >= 4 is 11.9 Å². The first-order chi connectivity index (χ1) is 7.78. The Hall–Kier alpha value is -1.10. The molecule has 98 valence electrons. The Bertz CT molecular complexity index is 315. The number of rotatable bonds is 3. The normalized spacial score (nSPS) is 22.2. The van der Waals surface area contributed by atoms with E-state index in [0.29, 0.717) is 0 Å². The van der Waals surface area contributed by atoms with E-state index in [9.17, 15) is 9.59 Å². The fourth-order valence-corrected chi connectivity index (χ4v) is 2.03. The van der Waals surface area contributed by atoms with E-state index in [4.69, 9.17) is 5.11 Å². The topological polar surface area (TPSA) is 60.9 Å². The van der Waals surface area contributed by atoms with Crippen LogP contribution in [0.2, 0.25) is 0 Å². The highest BCUT2D eigenvalue weighted by atomic mass is 16.4. The molecule has 1 N–H and O–H groups in total. The van der Waals surface area contributed by atoms with E-state index in [0.717, 1.165) is 25.8 Å². The monoisotopic (exact) mass is 242 g/mol. The summed E-state index contributed by atoms with van der Waals surface area (Å²) in [6.07, 6.45) is 2.95. The van der Waals surface area contributed by atoms with Gasteiger partial charge in [-0.25, -0.2) is 4.79 Å². The average molecular weight is 242 g/mol. The summed E-state index contributed by atoms with van der Waals surface area (Å²) in [4.78, 5) is 26.8. The molecule has 1 fully saturated rings. The van der Waals surface area contributed by atoms with Crippen molar-refractivity contribution in [2.45, 2.75) is 44.7 Å². The number of carboxylic acids is 1. The van der Waals surface area contributed by atoms with Crippen LogP contribution in [0.5, 0.6) is 0 Å². The number of likely N-dealkylation sites (N-methyl/N-ethyl adjacent to an activating group) is 2. The summed E-state index contributed by atoms with van der Waals surface area (Å²) in [6, 6.07) is -0.174. The fourth-order valence-electron chi connectivity index (χ4n) is 2.03. The Kier molecular flexibility index (Phi) is 4.14. The predicted octanol–water partition coefficient (Wildman–Crippen LogP) is 0.792. The zero-order valence-electron chi connectivity index (χ0n) is 11.1. The molecule has 17 heavy (non-hydrogen) atoms. The van der Waals surface area contributed by atoms with E-state index < -0.39 is 11.5 Å². The van der Waals surface area contributed by atoms with Crippen LogP contribution in [-0.2, 0) is 9.59 Å².